The Morgan fingerprint density at radius 1 is 0.800 bits per heavy atom. The maximum Gasteiger partial charge on any atom is 0.524 e. The average molecular weight is 1200 g/mol. The minimum absolute atomic E-state index is 0.0517. The lowest BCUT2D eigenvalue weighted by molar-refractivity contribution is -0.205. The molecule has 0 spiro atoms. The van der Waals surface area contributed by atoms with Gasteiger partial charge in [0.25, 0.3) is 0 Å². The number of nitrogens with one attached hydrogen (secondary N) is 1. The summed E-state index contributed by atoms with van der Waals surface area (Å²) in [5, 5.41) is 14.7. The number of ketones is 2. The smallest absolute Gasteiger partial charge is 0.480 e. The standard InChI is InChI=1S/C56H61Cl2N4O15PS2/c1-32(51(68)75-20-21-79-80-28-40(50(66)67)59-47(65)15-5-3-4-14-39-43(63)16-17-44(39)64)18-19-60(2)54(71)76-45-22-41-48(37-12-8-6-10-35(37)45)33(24-57)26-61(41)52(69)55-29-56(30-55,31-55)53(70)62-27-34(25-58)49-38-13-9-7-11-36(38)46(23-42(49)62)77-78(72,73)74/h6-13,16-17,22-23,32-34,39-40H,3-5,14-15,18-21,24-31H2,1-2H3,(H,59,65)(H,66,67)(H2,72,73,74)/t32-,33?,34?,40?,55?,56?/m1/s1. The van der Waals surface area contributed by atoms with Crippen LogP contribution in [0.25, 0.3) is 21.5 Å². The molecule has 3 unspecified atom stereocenters. The lowest BCUT2D eigenvalue weighted by Gasteiger charge is -2.69. The number of fused-ring (bicyclic) bond motifs is 6. The first kappa shape index (κ1) is 59.0. The van der Waals surface area contributed by atoms with Crippen LogP contribution < -0.4 is 24.4 Å². The first-order chi connectivity index (χ1) is 38.2. The number of carboxylic acid groups (broad SMARTS) is 1. The van der Waals surface area contributed by atoms with Gasteiger partial charge in [0, 0.05) is 91.1 Å². The van der Waals surface area contributed by atoms with Crippen LogP contribution in [0.2, 0.25) is 0 Å². The number of rotatable bonds is 25. The highest BCUT2D eigenvalue weighted by molar-refractivity contribution is 8.76. The van der Waals surface area contributed by atoms with Gasteiger partial charge in [0.1, 0.15) is 24.1 Å². The van der Waals surface area contributed by atoms with Crippen molar-refractivity contribution >= 4 is 133 Å². The Morgan fingerprint density at radius 2 is 1.34 bits per heavy atom. The summed E-state index contributed by atoms with van der Waals surface area (Å²) in [6, 6.07) is 16.5. The molecule has 4 N–H and O–H groups in total. The fourth-order valence-corrected chi connectivity index (χ4v) is 14.8. The largest absolute Gasteiger partial charge is 0.524 e. The topological polar surface area (TPSA) is 264 Å². The molecule has 4 atom stereocenters. The number of ether oxygens (including phenoxy) is 2. The molecular formula is C56H61Cl2N4O15PS2. The van der Waals surface area contributed by atoms with Crippen molar-refractivity contribution in [2.75, 3.05) is 66.4 Å². The van der Waals surface area contributed by atoms with Crippen molar-refractivity contribution < 1.29 is 71.8 Å². The SMILES string of the molecule is C[C@H](CCN(C)C(=O)Oc1cc2c(c3ccccc13)C(CCl)CN2C(=O)C12CC(C(=O)N3CC(CCl)c4c3cc(OP(=O)(O)O)c3ccccc43)(C1)C2)C(=O)OCCSSCC(NC(=O)CCCCCC1C(=O)C=CC1=O)C(=O)O. The van der Waals surface area contributed by atoms with Crippen molar-refractivity contribution in [1.29, 1.82) is 0 Å². The summed E-state index contributed by atoms with van der Waals surface area (Å²) in [6.45, 7) is 2.41. The zero-order chi connectivity index (χ0) is 57.3. The number of hydrogen-bond donors (Lipinski definition) is 4. The molecule has 2 aliphatic heterocycles. The van der Waals surface area contributed by atoms with Crippen LogP contribution >= 0.6 is 52.6 Å². The molecule has 10 rings (SSSR count). The number of phosphoric ester groups is 1. The molecule has 0 radical (unpaired) electrons. The first-order valence-corrected chi connectivity index (χ1v) is 31.5. The molecule has 426 valence electrons. The number of halogens is 2. The van der Waals surface area contributed by atoms with E-state index in [9.17, 15) is 57.8 Å². The Balaban J connectivity index is 0.754. The zero-order valence-electron chi connectivity index (χ0n) is 43.9. The maximum absolute atomic E-state index is 14.8. The highest BCUT2D eigenvalue weighted by Crippen LogP contribution is 2.75. The molecule has 0 aromatic heterocycles. The van der Waals surface area contributed by atoms with Crippen molar-refractivity contribution in [3.8, 4) is 11.5 Å². The van der Waals surface area contributed by atoms with E-state index in [4.69, 9.17) is 37.2 Å². The van der Waals surface area contributed by atoms with Crippen LogP contribution in [-0.2, 0) is 42.9 Å². The normalized spacial score (nSPS) is 21.6. The van der Waals surface area contributed by atoms with Gasteiger partial charge in [0.2, 0.25) is 17.7 Å². The van der Waals surface area contributed by atoms with Crippen molar-refractivity contribution in [2.45, 2.75) is 82.6 Å². The first-order valence-electron chi connectivity index (χ1n) is 26.4. The van der Waals surface area contributed by atoms with Crippen molar-refractivity contribution in [1.82, 2.24) is 10.2 Å². The second kappa shape index (κ2) is 24.4. The Labute approximate surface area is 479 Å². The van der Waals surface area contributed by atoms with Crippen LogP contribution in [0.1, 0.15) is 87.7 Å². The summed E-state index contributed by atoms with van der Waals surface area (Å²) in [5.74, 6) is -3.53. The molecule has 24 heteroatoms. The minimum atomic E-state index is -4.96. The van der Waals surface area contributed by atoms with E-state index >= 15 is 0 Å². The number of nitrogens with zero attached hydrogens (tertiary/aromatic N) is 3. The van der Waals surface area contributed by atoms with Crippen LogP contribution in [0.15, 0.2) is 72.8 Å². The average Bonchev–Trinajstić information content (AvgIpc) is 2.10. The second-order valence-corrected chi connectivity index (χ2v) is 25.8. The van der Waals surface area contributed by atoms with E-state index in [1.807, 2.05) is 30.3 Å². The number of anilines is 2. The number of unbranched alkanes of at least 4 members (excludes halogenated alkanes) is 2. The van der Waals surface area contributed by atoms with Gasteiger partial charge in [0.05, 0.1) is 34.0 Å². The zero-order valence-corrected chi connectivity index (χ0v) is 48.0. The Morgan fingerprint density at radius 3 is 1.88 bits per heavy atom. The quantitative estimate of drug-likeness (QED) is 0.0120. The highest BCUT2D eigenvalue weighted by Gasteiger charge is 2.76. The summed E-state index contributed by atoms with van der Waals surface area (Å²) < 4.78 is 28.7. The second-order valence-electron chi connectivity index (χ2n) is 21.4. The number of carbonyl (C=O) groups excluding carboxylic acids is 7. The van der Waals surface area contributed by atoms with Gasteiger partial charge in [-0.1, -0.05) is 89.9 Å². The van der Waals surface area contributed by atoms with E-state index < -0.39 is 60.5 Å². The number of amides is 4. The third-order valence-corrected chi connectivity index (χ3v) is 19.5. The van der Waals surface area contributed by atoms with E-state index in [2.05, 4.69) is 5.32 Å². The van der Waals surface area contributed by atoms with E-state index in [1.54, 1.807) is 48.0 Å². The molecule has 3 fully saturated rings. The third kappa shape index (κ3) is 12.1. The summed E-state index contributed by atoms with van der Waals surface area (Å²) >= 11 is 13.1. The van der Waals surface area contributed by atoms with Gasteiger partial charge in [-0.2, -0.15) is 0 Å². The molecule has 6 aliphatic rings. The number of benzene rings is 4. The lowest BCUT2D eigenvalue weighted by Crippen LogP contribution is -2.73. The number of phosphoric acid groups is 1. The Hall–Kier alpha value is -5.67. The number of allylic oxidation sites excluding steroid dienone is 2. The minimum Gasteiger partial charge on any atom is -0.480 e. The van der Waals surface area contributed by atoms with Gasteiger partial charge in [-0.3, -0.25) is 38.6 Å². The van der Waals surface area contributed by atoms with E-state index in [1.165, 1.54) is 44.7 Å². The van der Waals surface area contributed by atoms with Gasteiger partial charge in [-0.15, -0.1) is 23.2 Å². The van der Waals surface area contributed by atoms with E-state index in [0.717, 1.165) is 16.5 Å². The molecule has 2 bridgehead atoms. The van der Waals surface area contributed by atoms with Crippen LogP contribution in [0, 0.1) is 22.7 Å². The number of esters is 1. The van der Waals surface area contributed by atoms with Crippen LogP contribution in [0.4, 0.5) is 16.2 Å². The van der Waals surface area contributed by atoms with Crippen LogP contribution in [0.5, 0.6) is 11.5 Å². The lowest BCUT2D eigenvalue weighted by atomic mass is 9.34. The molecule has 4 aromatic carbocycles. The summed E-state index contributed by atoms with van der Waals surface area (Å²) in [4.78, 5) is 128. The summed E-state index contributed by atoms with van der Waals surface area (Å²) in [7, 11) is -0.902. The maximum atomic E-state index is 14.8. The van der Waals surface area contributed by atoms with Crippen LogP contribution in [0.3, 0.4) is 0 Å². The summed E-state index contributed by atoms with van der Waals surface area (Å²) in [5.41, 5.74) is 1.02. The van der Waals surface area contributed by atoms with Crippen molar-refractivity contribution in [2.24, 2.45) is 22.7 Å². The number of carbonyl (C=O) groups is 8. The predicted molar refractivity (Wildman–Crippen MR) is 305 cm³/mol. The van der Waals surface area contributed by atoms with Gasteiger partial charge < -0.3 is 39.1 Å². The van der Waals surface area contributed by atoms with Crippen molar-refractivity contribution in [3.63, 3.8) is 0 Å². The van der Waals surface area contributed by atoms with Crippen LogP contribution in [-0.4, -0.2) is 130 Å². The number of carboxylic acids is 1. The van der Waals surface area contributed by atoms with E-state index in [0.29, 0.717) is 78.2 Å². The monoisotopic (exact) mass is 1190 g/mol. The molecule has 19 nitrogen and oxygen atoms in total. The van der Waals surface area contributed by atoms with Gasteiger partial charge in [0.15, 0.2) is 11.6 Å². The van der Waals surface area contributed by atoms with Gasteiger partial charge >= 0.3 is 25.9 Å². The molecule has 4 aromatic rings. The number of aliphatic carboxylic acids is 1. The van der Waals surface area contributed by atoms with E-state index in [-0.39, 0.29) is 103 Å². The molecular weight excluding hydrogens is 1130 g/mol. The van der Waals surface area contributed by atoms with Crippen molar-refractivity contribution in [3.05, 3.63) is 83.9 Å². The van der Waals surface area contributed by atoms with Gasteiger partial charge in [-0.25, -0.2) is 14.2 Å². The molecule has 80 heavy (non-hydrogen) atoms. The fraction of sp³-hybridized carbons (Fsp3) is 0.464. The van der Waals surface area contributed by atoms with Gasteiger partial charge in [-0.05, 0) is 72.6 Å². The highest BCUT2D eigenvalue weighted by atomic mass is 35.5. The predicted octanol–water partition coefficient (Wildman–Crippen LogP) is 8.90. The number of hydrogen-bond acceptors (Lipinski definition) is 14. The summed E-state index contributed by atoms with van der Waals surface area (Å²) in [6.07, 6.45) is 5.26. The third-order valence-electron chi connectivity index (χ3n) is 15.9. The molecule has 0 saturated heterocycles. The number of alkyl halides is 2. The molecule has 2 heterocycles. The molecule has 4 aliphatic carbocycles. The fourth-order valence-electron chi connectivity index (χ4n) is 11.9. The Bertz CT molecular complexity index is 3210. The molecule has 4 amide bonds. The Kier molecular flexibility index (Phi) is 18.0. The molecule has 3 saturated carbocycles.